The van der Waals surface area contributed by atoms with Gasteiger partial charge in [-0.15, -0.1) is 0 Å². The van der Waals surface area contributed by atoms with Crippen LogP contribution >= 0.6 is 0 Å². The van der Waals surface area contributed by atoms with Gasteiger partial charge in [0, 0.05) is 18.0 Å². The molecule has 1 heterocycles. The van der Waals surface area contributed by atoms with E-state index in [0.29, 0.717) is 19.3 Å². The third-order valence-electron chi connectivity index (χ3n) is 4.68. The van der Waals surface area contributed by atoms with Crippen LogP contribution in [0.2, 0.25) is 0 Å². The summed E-state index contributed by atoms with van der Waals surface area (Å²) in [6, 6.07) is 9.64. The average molecular weight is 341 g/mol. The molecule has 1 aliphatic rings. The monoisotopic (exact) mass is 341 g/mol. The van der Waals surface area contributed by atoms with Crippen LogP contribution in [0.15, 0.2) is 36.5 Å². The Morgan fingerprint density at radius 1 is 1.28 bits per heavy atom. The van der Waals surface area contributed by atoms with E-state index in [9.17, 15) is 14.7 Å². The molecule has 0 radical (unpaired) electrons. The van der Waals surface area contributed by atoms with Crippen LogP contribution in [0.5, 0.6) is 0 Å². The third-order valence-corrected chi connectivity index (χ3v) is 4.68. The zero-order valence-electron chi connectivity index (χ0n) is 14.2. The molecule has 0 spiro atoms. The van der Waals surface area contributed by atoms with Crippen molar-refractivity contribution in [3.8, 4) is 0 Å². The van der Waals surface area contributed by atoms with E-state index in [1.165, 1.54) is 0 Å². The van der Waals surface area contributed by atoms with Crippen molar-refractivity contribution >= 4 is 22.7 Å². The SMILES string of the molecule is CCC(=O)NCC(=O)N[C@@H](c1cnc2ccccc2c1)C1CC(O)C1. The molecule has 1 saturated carbocycles. The van der Waals surface area contributed by atoms with Gasteiger partial charge in [-0.2, -0.15) is 0 Å². The fourth-order valence-corrected chi connectivity index (χ4v) is 3.16. The number of nitrogens with zero attached hydrogens (tertiary/aromatic N) is 1. The van der Waals surface area contributed by atoms with Crippen molar-refractivity contribution in [1.29, 1.82) is 0 Å². The predicted octanol–water partition coefficient (Wildman–Crippen LogP) is 1.69. The van der Waals surface area contributed by atoms with E-state index in [-0.39, 0.29) is 36.4 Å². The third kappa shape index (κ3) is 4.14. The van der Waals surface area contributed by atoms with Crippen LogP contribution in [0.4, 0.5) is 0 Å². The number of hydrogen-bond donors (Lipinski definition) is 3. The molecule has 1 aromatic heterocycles. The van der Waals surface area contributed by atoms with Crippen LogP contribution in [0, 0.1) is 5.92 Å². The number of benzene rings is 1. The molecule has 25 heavy (non-hydrogen) atoms. The number of hydrogen-bond acceptors (Lipinski definition) is 4. The van der Waals surface area contributed by atoms with Gasteiger partial charge in [0.05, 0.1) is 24.2 Å². The van der Waals surface area contributed by atoms with Gasteiger partial charge in [-0.1, -0.05) is 25.1 Å². The van der Waals surface area contributed by atoms with Gasteiger partial charge in [0.1, 0.15) is 0 Å². The van der Waals surface area contributed by atoms with Gasteiger partial charge >= 0.3 is 0 Å². The van der Waals surface area contributed by atoms with Crippen LogP contribution in [0.3, 0.4) is 0 Å². The number of fused-ring (bicyclic) bond motifs is 1. The summed E-state index contributed by atoms with van der Waals surface area (Å²) < 4.78 is 0. The molecule has 3 rings (SSSR count). The van der Waals surface area contributed by atoms with E-state index in [1.807, 2.05) is 30.3 Å². The number of aliphatic hydroxyl groups is 1. The van der Waals surface area contributed by atoms with Crippen molar-refractivity contribution in [1.82, 2.24) is 15.6 Å². The number of aliphatic hydroxyl groups excluding tert-OH is 1. The molecule has 6 nitrogen and oxygen atoms in total. The molecule has 0 unspecified atom stereocenters. The smallest absolute Gasteiger partial charge is 0.239 e. The Morgan fingerprint density at radius 3 is 2.76 bits per heavy atom. The fourth-order valence-electron chi connectivity index (χ4n) is 3.16. The highest BCUT2D eigenvalue weighted by molar-refractivity contribution is 5.85. The molecule has 0 aliphatic heterocycles. The number of pyridine rings is 1. The molecule has 132 valence electrons. The molecule has 1 atom stereocenters. The fraction of sp³-hybridized carbons (Fsp3) is 0.421. The normalized spacial score (nSPS) is 20.6. The minimum absolute atomic E-state index is 0.0422. The summed E-state index contributed by atoms with van der Waals surface area (Å²) in [7, 11) is 0. The number of rotatable bonds is 6. The summed E-state index contributed by atoms with van der Waals surface area (Å²) in [5, 5.41) is 16.2. The number of amides is 2. The Balaban J connectivity index is 1.76. The van der Waals surface area contributed by atoms with Crippen molar-refractivity contribution in [3.63, 3.8) is 0 Å². The second-order valence-electron chi connectivity index (χ2n) is 6.52. The van der Waals surface area contributed by atoms with Crippen LogP contribution in [-0.4, -0.2) is 34.6 Å². The molecule has 1 aliphatic carbocycles. The Labute approximate surface area is 146 Å². The van der Waals surface area contributed by atoms with Gasteiger partial charge in [0.25, 0.3) is 0 Å². The molecule has 3 N–H and O–H groups in total. The lowest BCUT2D eigenvalue weighted by molar-refractivity contribution is -0.126. The van der Waals surface area contributed by atoms with Crippen molar-refractivity contribution in [2.24, 2.45) is 5.92 Å². The van der Waals surface area contributed by atoms with Crippen LogP contribution in [0.1, 0.15) is 37.8 Å². The van der Waals surface area contributed by atoms with Crippen molar-refractivity contribution in [2.45, 2.75) is 38.3 Å². The van der Waals surface area contributed by atoms with Crippen LogP contribution < -0.4 is 10.6 Å². The molecule has 2 aromatic rings. The highest BCUT2D eigenvalue weighted by atomic mass is 16.3. The molecule has 1 fully saturated rings. The highest BCUT2D eigenvalue weighted by Crippen LogP contribution is 2.38. The first-order valence-corrected chi connectivity index (χ1v) is 8.65. The van der Waals surface area contributed by atoms with Crippen molar-refractivity contribution in [2.75, 3.05) is 6.54 Å². The maximum atomic E-state index is 12.2. The molecule has 1 aromatic carbocycles. The molecule has 0 bridgehead atoms. The lowest BCUT2D eigenvalue weighted by Gasteiger charge is -2.38. The predicted molar refractivity (Wildman–Crippen MR) is 94.7 cm³/mol. The summed E-state index contributed by atoms with van der Waals surface area (Å²) in [5.41, 5.74) is 1.82. The Morgan fingerprint density at radius 2 is 2.04 bits per heavy atom. The summed E-state index contributed by atoms with van der Waals surface area (Å²) in [6.45, 7) is 1.70. The summed E-state index contributed by atoms with van der Waals surface area (Å²) in [6.07, 6.45) is 3.12. The molecule has 6 heteroatoms. The summed E-state index contributed by atoms with van der Waals surface area (Å²) >= 11 is 0. The van der Waals surface area contributed by atoms with Gasteiger partial charge in [0.15, 0.2) is 0 Å². The second kappa shape index (κ2) is 7.61. The van der Waals surface area contributed by atoms with Crippen molar-refractivity contribution in [3.05, 3.63) is 42.1 Å². The maximum absolute atomic E-state index is 12.2. The number of carbonyl (C=O) groups is 2. The quantitative estimate of drug-likeness (QED) is 0.746. The van der Waals surface area contributed by atoms with E-state index in [2.05, 4.69) is 15.6 Å². The molecular weight excluding hydrogens is 318 g/mol. The average Bonchev–Trinajstić information content (AvgIpc) is 2.61. The first-order valence-electron chi connectivity index (χ1n) is 8.65. The lowest BCUT2D eigenvalue weighted by Crippen LogP contribution is -2.44. The van der Waals surface area contributed by atoms with Gasteiger partial charge in [0.2, 0.25) is 11.8 Å². The lowest BCUT2D eigenvalue weighted by atomic mass is 9.75. The first kappa shape index (κ1) is 17.4. The van der Waals surface area contributed by atoms with Crippen LogP contribution in [-0.2, 0) is 9.59 Å². The Bertz CT molecular complexity index is 771. The number of nitrogens with one attached hydrogen (secondary N) is 2. The van der Waals surface area contributed by atoms with Gasteiger partial charge in [-0.3, -0.25) is 14.6 Å². The number of carbonyl (C=O) groups excluding carboxylic acids is 2. The number of aromatic nitrogens is 1. The maximum Gasteiger partial charge on any atom is 0.239 e. The summed E-state index contributed by atoms with van der Waals surface area (Å²) in [5.74, 6) is -0.219. The van der Waals surface area contributed by atoms with E-state index in [0.717, 1.165) is 16.5 Å². The van der Waals surface area contributed by atoms with E-state index in [1.54, 1.807) is 13.1 Å². The molecular formula is C19H23N3O3. The minimum atomic E-state index is -0.308. The zero-order valence-corrected chi connectivity index (χ0v) is 14.2. The van der Waals surface area contributed by atoms with Gasteiger partial charge in [-0.25, -0.2) is 0 Å². The second-order valence-corrected chi connectivity index (χ2v) is 6.52. The standard InChI is InChI=1S/C19H23N3O3/c1-2-17(24)21-11-18(25)22-19(13-8-15(23)9-13)14-7-12-5-3-4-6-16(12)20-10-14/h3-7,10,13,15,19,23H,2,8-9,11H2,1H3,(H,21,24)(H,22,25)/t13?,15?,19-/m1/s1. The minimum Gasteiger partial charge on any atom is -0.393 e. The van der Waals surface area contributed by atoms with Crippen molar-refractivity contribution < 1.29 is 14.7 Å². The molecule has 2 amide bonds. The summed E-state index contributed by atoms with van der Waals surface area (Å²) in [4.78, 5) is 28.0. The largest absolute Gasteiger partial charge is 0.393 e. The number of para-hydroxylation sites is 1. The Hall–Kier alpha value is -2.47. The highest BCUT2D eigenvalue weighted by Gasteiger charge is 2.35. The van der Waals surface area contributed by atoms with E-state index >= 15 is 0 Å². The van der Waals surface area contributed by atoms with Gasteiger partial charge in [-0.05, 0) is 36.5 Å². The molecule has 0 saturated heterocycles. The van der Waals surface area contributed by atoms with E-state index < -0.39 is 0 Å². The topological polar surface area (TPSA) is 91.3 Å². The van der Waals surface area contributed by atoms with E-state index in [4.69, 9.17) is 0 Å². The van der Waals surface area contributed by atoms with Gasteiger partial charge < -0.3 is 15.7 Å². The van der Waals surface area contributed by atoms with Crippen LogP contribution in [0.25, 0.3) is 10.9 Å². The zero-order chi connectivity index (χ0) is 17.8. The Kier molecular flexibility index (Phi) is 5.28. The first-order chi connectivity index (χ1) is 12.1.